The maximum absolute atomic E-state index is 13.1. The third kappa shape index (κ3) is 12.2. The number of rotatable bonds is 11. The van der Waals surface area contributed by atoms with Gasteiger partial charge in [-0.25, -0.2) is 9.59 Å². The number of alkyl halides is 3. The van der Waals surface area contributed by atoms with Crippen LogP contribution >= 0.6 is 0 Å². The van der Waals surface area contributed by atoms with E-state index in [2.05, 4.69) is 20.8 Å². The summed E-state index contributed by atoms with van der Waals surface area (Å²) in [6, 6.07) is 33.2. The van der Waals surface area contributed by atoms with E-state index in [1.807, 2.05) is 72.8 Å². The monoisotopic (exact) mass is 809 g/mol. The summed E-state index contributed by atoms with van der Waals surface area (Å²) < 4.78 is 42.8. The number of aromatic nitrogens is 2. The number of amides is 4. The van der Waals surface area contributed by atoms with Crippen molar-refractivity contribution in [1.82, 2.24) is 20.8 Å². The Hall–Kier alpha value is -6.02. The molecule has 14 heteroatoms. The van der Waals surface area contributed by atoms with E-state index in [9.17, 15) is 27.6 Å². The second-order valence-corrected chi connectivity index (χ2v) is 14.8. The zero-order valence-electron chi connectivity index (χ0n) is 32.9. The van der Waals surface area contributed by atoms with Gasteiger partial charge < -0.3 is 20.8 Å². The molecule has 4 aromatic carbocycles. The molecule has 0 aliphatic heterocycles. The van der Waals surface area contributed by atoms with Gasteiger partial charge in [0.05, 0.1) is 19.6 Å². The number of Topliss-reactive ketones (excluding diaryl/α,β-unsaturated/α-hetero) is 1. The molecule has 4 N–H and O–H groups in total. The number of nitrogens with two attached hydrogens (primary N) is 1. The van der Waals surface area contributed by atoms with Gasteiger partial charge >= 0.3 is 24.1 Å². The van der Waals surface area contributed by atoms with E-state index in [1.165, 1.54) is 25.7 Å². The van der Waals surface area contributed by atoms with E-state index in [4.69, 9.17) is 10.2 Å². The van der Waals surface area contributed by atoms with Crippen molar-refractivity contribution in [3.63, 3.8) is 0 Å². The van der Waals surface area contributed by atoms with Gasteiger partial charge in [0.2, 0.25) is 5.89 Å². The Balaban J connectivity index is 0.000000201. The maximum atomic E-state index is 13.1. The summed E-state index contributed by atoms with van der Waals surface area (Å²) in [5.74, 6) is -1.68. The van der Waals surface area contributed by atoms with Crippen molar-refractivity contribution >= 4 is 29.2 Å². The molecule has 59 heavy (non-hydrogen) atoms. The topological polar surface area (TPSA) is 147 Å². The molecule has 2 fully saturated rings. The molecule has 1 aromatic heterocycles. The number of nitrogens with one attached hydrogen (secondary N) is 2. The zero-order chi connectivity index (χ0) is 41.6. The van der Waals surface area contributed by atoms with E-state index in [0.717, 1.165) is 61.0 Å². The predicted molar refractivity (Wildman–Crippen MR) is 221 cm³/mol. The van der Waals surface area contributed by atoms with Crippen LogP contribution in [0.5, 0.6) is 0 Å². The highest BCUT2D eigenvalue weighted by Gasteiger charge is 2.38. The molecular weight excluding hydrogens is 760 g/mol. The molecule has 2 aliphatic rings. The molecule has 0 radical (unpaired) electrons. The number of carbonyl (C=O) groups is 3. The molecule has 1 heterocycles. The van der Waals surface area contributed by atoms with Crippen LogP contribution in [0.15, 0.2) is 114 Å². The summed E-state index contributed by atoms with van der Waals surface area (Å²) in [7, 11) is 0. The Bertz CT molecular complexity index is 2080. The highest BCUT2D eigenvalue weighted by molar-refractivity contribution is 5.97. The van der Waals surface area contributed by atoms with Crippen LogP contribution in [-0.4, -0.2) is 46.7 Å². The Labute approximate surface area is 342 Å². The van der Waals surface area contributed by atoms with Gasteiger partial charge in [-0.1, -0.05) is 111 Å². The van der Waals surface area contributed by atoms with Crippen molar-refractivity contribution in [1.29, 1.82) is 0 Å². The molecule has 2 aliphatic carbocycles. The number of carbonyl (C=O) groups excluding carboxylic acids is 3. The molecule has 0 unspecified atom stereocenters. The first-order valence-electron chi connectivity index (χ1n) is 20.2. The van der Waals surface area contributed by atoms with Crippen molar-refractivity contribution in [3.05, 3.63) is 132 Å². The second-order valence-electron chi connectivity index (χ2n) is 14.8. The van der Waals surface area contributed by atoms with Crippen LogP contribution in [0, 0.1) is 0 Å². The Morgan fingerprint density at radius 1 is 0.627 bits per heavy atom. The average molecular weight is 810 g/mol. The molecule has 0 bridgehead atoms. The number of para-hydroxylation sites is 2. The molecule has 4 amide bonds. The SMILES string of the molecule is NCC(=O)c1ccc(CN(C(=O)NC2CCCCC2)c2ccccc2)cc1.O=C(NC1CCCCC1)N(Cc1ccc(-c2nnc(C(F)(F)F)o2)cc1)c1ccccc1. The number of nitrogens with zero attached hydrogens (tertiary/aromatic N) is 4. The van der Waals surface area contributed by atoms with Crippen molar-refractivity contribution in [2.75, 3.05) is 16.3 Å². The quantitative estimate of drug-likeness (QED) is 0.113. The normalized spacial score (nSPS) is 14.7. The summed E-state index contributed by atoms with van der Waals surface area (Å²) in [4.78, 5) is 41.2. The van der Waals surface area contributed by atoms with Gasteiger partial charge in [-0.15, -0.1) is 10.2 Å². The lowest BCUT2D eigenvalue weighted by Gasteiger charge is -2.28. The van der Waals surface area contributed by atoms with Crippen LogP contribution in [0.2, 0.25) is 0 Å². The van der Waals surface area contributed by atoms with E-state index in [1.54, 1.807) is 46.2 Å². The predicted octanol–water partition coefficient (Wildman–Crippen LogP) is 9.68. The minimum atomic E-state index is -4.69. The maximum Gasteiger partial charge on any atom is 0.470 e. The minimum absolute atomic E-state index is 0.000713. The molecule has 0 atom stereocenters. The number of halogens is 3. The van der Waals surface area contributed by atoms with Gasteiger partial charge in [-0.05, 0) is 73.2 Å². The van der Waals surface area contributed by atoms with Crippen LogP contribution in [0.4, 0.5) is 34.1 Å². The third-order valence-corrected chi connectivity index (χ3v) is 10.5. The lowest BCUT2D eigenvalue weighted by atomic mass is 9.96. The lowest BCUT2D eigenvalue weighted by molar-refractivity contribution is -0.156. The minimum Gasteiger partial charge on any atom is -0.413 e. The van der Waals surface area contributed by atoms with E-state index >= 15 is 0 Å². The number of urea groups is 2. The standard InChI is InChI=1S/C23H23F3N4O2.C22H27N3O2/c24-23(25,26)21-29-28-20(32-21)17-13-11-16(12-14-17)15-30(19-9-5-2-6-10-19)22(31)27-18-7-3-1-4-8-18;23-15-21(26)18-13-11-17(12-14-18)16-25(20-9-5-2-6-10-20)22(27)24-19-7-3-1-4-8-19/h2,5-6,9-14,18H,1,3-4,7-8,15H2,(H,27,31);2,5-6,9-14,19H,1,3-4,7-8,15-16,23H2,(H,24,27). The molecule has 0 saturated heterocycles. The molecular formula is C45H50F3N7O4. The van der Waals surface area contributed by atoms with Gasteiger partial charge in [0.25, 0.3) is 0 Å². The fraction of sp³-hybridized carbons (Fsp3) is 0.356. The Morgan fingerprint density at radius 2 is 1.07 bits per heavy atom. The second kappa shape index (κ2) is 20.6. The number of anilines is 2. The van der Waals surface area contributed by atoms with Crippen molar-refractivity contribution in [2.45, 2.75) is 95.6 Å². The lowest BCUT2D eigenvalue weighted by Crippen LogP contribution is -2.45. The molecule has 11 nitrogen and oxygen atoms in total. The number of benzene rings is 4. The van der Waals surface area contributed by atoms with Crippen LogP contribution < -0.4 is 26.2 Å². The summed E-state index contributed by atoms with van der Waals surface area (Å²) in [5, 5.41) is 12.9. The van der Waals surface area contributed by atoms with Gasteiger partial charge in [0, 0.05) is 34.6 Å². The van der Waals surface area contributed by atoms with Gasteiger partial charge in [-0.3, -0.25) is 14.6 Å². The summed E-state index contributed by atoms with van der Waals surface area (Å²) in [5.41, 5.74) is 9.77. The van der Waals surface area contributed by atoms with E-state index in [0.29, 0.717) is 24.2 Å². The molecule has 2 saturated carbocycles. The average Bonchev–Trinajstić information content (AvgIpc) is 3.78. The largest absolute Gasteiger partial charge is 0.470 e. The van der Waals surface area contributed by atoms with Gasteiger partial charge in [-0.2, -0.15) is 13.2 Å². The molecule has 310 valence electrons. The van der Waals surface area contributed by atoms with Crippen molar-refractivity contribution in [2.24, 2.45) is 5.73 Å². The number of hydrogen-bond acceptors (Lipinski definition) is 7. The first kappa shape index (κ1) is 42.6. The van der Waals surface area contributed by atoms with Crippen molar-refractivity contribution in [3.8, 4) is 11.5 Å². The highest BCUT2D eigenvalue weighted by atomic mass is 19.4. The fourth-order valence-electron chi connectivity index (χ4n) is 7.26. The Kier molecular flexibility index (Phi) is 14.9. The number of ketones is 1. The molecule has 7 rings (SSSR count). The summed E-state index contributed by atoms with van der Waals surface area (Å²) in [6.07, 6.45) is 6.39. The van der Waals surface area contributed by atoms with E-state index in [-0.39, 0.29) is 42.4 Å². The van der Waals surface area contributed by atoms with Crippen LogP contribution in [0.1, 0.15) is 91.6 Å². The smallest absolute Gasteiger partial charge is 0.413 e. The van der Waals surface area contributed by atoms with Crippen LogP contribution in [0.3, 0.4) is 0 Å². The fourth-order valence-corrected chi connectivity index (χ4v) is 7.26. The first-order chi connectivity index (χ1) is 28.6. The summed E-state index contributed by atoms with van der Waals surface area (Å²) in [6.45, 7) is 0.749. The Morgan fingerprint density at radius 3 is 1.47 bits per heavy atom. The number of hydrogen-bond donors (Lipinski definition) is 3. The third-order valence-electron chi connectivity index (χ3n) is 10.5. The van der Waals surface area contributed by atoms with Crippen molar-refractivity contribution < 1.29 is 32.0 Å². The first-order valence-corrected chi connectivity index (χ1v) is 20.2. The van der Waals surface area contributed by atoms with Crippen LogP contribution in [0.25, 0.3) is 11.5 Å². The zero-order valence-corrected chi connectivity index (χ0v) is 32.9. The van der Waals surface area contributed by atoms with Gasteiger partial charge in [0.1, 0.15) is 0 Å². The molecule has 5 aromatic rings. The van der Waals surface area contributed by atoms with Crippen LogP contribution in [-0.2, 0) is 19.3 Å². The van der Waals surface area contributed by atoms with E-state index < -0.39 is 12.1 Å². The summed E-state index contributed by atoms with van der Waals surface area (Å²) >= 11 is 0. The van der Waals surface area contributed by atoms with Gasteiger partial charge in [0.15, 0.2) is 5.78 Å². The molecule has 0 spiro atoms. The highest BCUT2D eigenvalue weighted by Crippen LogP contribution is 2.31.